The van der Waals surface area contributed by atoms with Gasteiger partial charge in [-0.1, -0.05) is 0 Å². The van der Waals surface area contributed by atoms with Crippen LogP contribution >= 0.6 is 0 Å². The molecule has 1 heterocycles. The molecule has 0 unspecified atom stereocenters. The third-order valence-electron chi connectivity index (χ3n) is 1.91. The second-order valence-corrected chi connectivity index (χ2v) is 2.80. The highest BCUT2D eigenvalue weighted by atomic mass is 19.3. The average Bonchev–Trinajstić information content (AvgIpc) is 2.26. The van der Waals surface area contributed by atoms with E-state index in [1.54, 1.807) is 6.07 Å². The largest absolute Gasteiger partial charge is 0.390 e. The van der Waals surface area contributed by atoms with Crippen LogP contribution in [-0.4, -0.2) is 10.1 Å². The smallest absolute Gasteiger partial charge is 0.280 e. The van der Waals surface area contributed by atoms with Gasteiger partial charge in [-0.3, -0.25) is 0 Å². The van der Waals surface area contributed by atoms with Crippen molar-refractivity contribution in [1.29, 1.82) is 5.26 Å². The van der Waals surface area contributed by atoms with E-state index in [9.17, 15) is 8.78 Å². The number of hydrogen-bond acceptors (Lipinski definition) is 4. The third kappa shape index (κ3) is 2.26. The van der Waals surface area contributed by atoms with Gasteiger partial charge < -0.3 is 10.8 Å². The summed E-state index contributed by atoms with van der Waals surface area (Å²) >= 11 is 0. The number of rotatable bonds is 3. The number of halogens is 2. The van der Waals surface area contributed by atoms with Gasteiger partial charge in [0.1, 0.15) is 11.8 Å². The zero-order chi connectivity index (χ0) is 11.4. The van der Waals surface area contributed by atoms with Crippen molar-refractivity contribution in [2.75, 3.05) is 0 Å². The van der Waals surface area contributed by atoms with Crippen LogP contribution < -0.4 is 5.73 Å². The predicted molar refractivity (Wildman–Crippen MR) is 47.7 cm³/mol. The Morgan fingerprint density at radius 2 is 2.27 bits per heavy atom. The summed E-state index contributed by atoms with van der Waals surface area (Å²) in [7, 11) is 0. The maximum absolute atomic E-state index is 12.5. The van der Waals surface area contributed by atoms with Crippen LogP contribution in [0, 0.1) is 11.3 Å². The molecule has 6 heteroatoms. The van der Waals surface area contributed by atoms with E-state index in [-0.39, 0.29) is 23.4 Å². The first-order valence-corrected chi connectivity index (χ1v) is 4.15. The fourth-order valence-corrected chi connectivity index (χ4v) is 1.18. The van der Waals surface area contributed by atoms with E-state index in [1.807, 2.05) is 0 Å². The molecule has 0 aliphatic carbocycles. The number of aliphatic hydroxyl groups is 1. The number of aromatic nitrogens is 1. The van der Waals surface area contributed by atoms with Crippen LogP contribution in [0.3, 0.4) is 0 Å². The lowest BCUT2D eigenvalue weighted by Gasteiger charge is -2.09. The molecule has 0 bridgehead atoms. The third-order valence-corrected chi connectivity index (χ3v) is 1.91. The Balaban J connectivity index is 3.36. The highest BCUT2D eigenvalue weighted by Gasteiger charge is 2.17. The molecule has 3 N–H and O–H groups in total. The molecule has 0 aromatic carbocycles. The quantitative estimate of drug-likeness (QED) is 0.779. The van der Waals surface area contributed by atoms with Gasteiger partial charge in [0.15, 0.2) is 0 Å². The van der Waals surface area contributed by atoms with Gasteiger partial charge in [-0.2, -0.15) is 5.26 Å². The molecular weight excluding hydrogens is 204 g/mol. The van der Waals surface area contributed by atoms with Gasteiger partial charge in [0.25, 0.3) is 6.43 Å². The summed E-state index contributed by atoms with van der Waals surface area (Å²) in [6.45, 7) is -0.666. The van der Waals surface area contributed by atoms with E-state index >= 15 is 0 Å². The Kier molecular flexibility index (Phi) is 3.66. The van der Waals surface area contributed by atoms with E-state index < -0.39 is 18.7 Å². The van der Waals surface area contributed by atoms with E-state index in [4.69, 9.17) is 16.1 Å². The van der Waals surface area contributed by atoms with Gasteiger partial charge in [-0.25, -0.2) is 13.8 Å². The molecule has 0 spiro atoms. The Hall–Kier alpha value is -1.58. The molecule has 1 rings (SSSR count). The highest BCUT2D eigenvalue weighted by Crippen LogP contribution is 2.23. The second-order valence-electron chi connectivity index (χ2n) is 2.80. The Morgan fingerprint density at radius 1 is 1.60 bits per heavy atom. The van der Waals surface area contributed by atoms with Crippen molar-refractivity contribution in [3.8, 4) is 6.07 Å². The first kappa shape index (κ1) is 11.5. The molecule has 80 valence electrons. The van der Waals surface area contributed by atoms with Crippen LogP contribution in [0.5, 0.6) is 0 Å². The molecule has 0 fully saturated rings. The average molecular weight is 213 g/mol. The SMILES string of the molecule is N#Cc1cc(CN)c(C(F)F)nc1CO. The van der Waals surface area contributed by atoms with Gasteiger partial charge >= 0.3 is 0 Å². The Labute approximate surface area is 85.0 Å². The minimum Gasteiger partial charge on any atom is -0.390 e. The monoisotopic (exact) mass is 213 g/mol. The normalized spacial score (nSPS) is 10.4. The minimum atomic E-state index is -2.76. The molecule has 15 heavy (non-hydrogen) atoms. The number of nitrogens with zero attached hydrogens (tertiary/aromatic N) is 2. The fraction of sp³-hybridized carbons (Fsp3) is 0.333. The van der Waals surface area contributed by atoms with Crippen molar-refractivity contribution in [3.05, 3.63) is 28.6 Å². The molecule has 0 saturated carbocycles. The molecule has 0 radical (unpaired) electrons. The molecule has 4 nitrogen and oxygen atoms in total. The van der Waals surface area contributed by atoms with Crippen LogP contribution in [0.15, 0.2) is 6.07 Å². The van der Waals surface area contributed by atoms with Crippen LogP contribution in [0.4, 0.5) is 8.78 Å². The summed E-state index contributed by atoms with van der Waals surface area (Å²) in [4.78, 5) is 3.53. The molecule has 1 aromatic rings. The first-order valence-electron chi connectivity index (χ1n) is 4.15. The number of nitriles is 1. The number of nitrogens with two attached hydrogens (primary N) is 1. The summed E-state index contributed by atoms with van der Waals surface area (Å²) in [5, 5.41) is 17.5. The van der Waals surface area contributed by atoms with Crippen LogP contribution in [0.2, 0.25) is 0 Å². The summed E-state index contributed by atoms with van der Waals surface area (Å²) < 4.78 is 25.0. The van der Waals surface area contributed by atoms with Gasteiger partial charge in [-0.05, 0) is 11.6 Å². The van der Waals surface area contributed by atoms with Gasteiger partial charge in [0.2, 0.25) is 0 Å². The lowest BCUT2D eigenvalue weighted by molar-refractivity contribution is 0.144. The second kappa shape index (κ2) is 4.77. The lowest BCUT2D eigenvalue weighted by Crippen LogP contribution is -2.08. The molecule has 0 atom stereocenters. The molecule has 0 saturated heterocycles. The van der Waals surface area contributed by atoms with E-state index in [0.29, 0.717) is 0 Å². The van der Waals surface area contributed by atoms with E-state index in [1.165, 1.54) is 6.07 Å². The first-order chi connectivity index (χ1) is 7.13. The number of hydrogen-bond donors (Lipinski definition) is 2. The Morgan fingerprint density at radius 3 is 2.67 bits per heavy atom. The topological polar surface area (TPSA) is 82.9 Å². The molecule has 0 amide bonds. The fourth-order valence-electron chi connectivity index (χ4n) is 1.18. The standard InChI is InChI=1S/C9H9F2N3O/c10-9(11)8-6(3-13)1-5(2-12)7(4-15)14-8/h1,9,15H,3-4,13H2. The minimum absolute atomic E-state index is 0.0509. The Bertz CT molecular complexity index is 401. The maximum Gasteiger partial charge on any atom is 0.280 e. The van der Waals surface area contributed by atoms with Crippen molar-refractivity contribution in [2.24, 2.45) is 5.73 Å². The van der Waals surface area contributed by atoms with E-state index in [2.05, 4.69) is 4.98 Å². The van der Waals surface area contributed by atoms with Crippen molar-refractivity contribution in [1.82, 2.24) is 4.98 Å². The van der Waals surface area contributed by atoms with Crippen LogP contribution in [-0.2, 0) is 13.2 Å². The zero-order valence-electron chi connectivity index (χ0n) is 7.74. The van der Waals surface area contributed by atoms with Gasteiger partial charge in [-0.15, -0.1) is 0 Å². The maximum atomic E-state index is 12.5. The van der Waals surface area contributed by atoms with Gasteiger partial charge in [0, 0.05) is 6.54 Å². The van der Waals surface area contributed by atoms with Crippen molar-refractivity contribution >= 4 is 0 Å². The molecule has 0 aliphatic rings. The number of alkyl halides is 2. The lowest BCUT2D eigenvalue weighted by atomic mass is 10.1. The summed E-state index contributed by atoms with van der Waals surface area (Å²) in [6.07, 6.45) is -2.76. The van der Waals surface area contributed by atoms with Crippen molar-refractivity contribution in [3.63, 3.8) is 0 Å². The summed E-state index contributed by atoms with van der Waals surface area (Å²) in [5.74, 6) is 0. The van der Waals surface area contributed by atoms with Gasteiger partial charge in [0.05, 0.1) is 17.9 Å². The molecule has 0 aliphatic heterocycles. The summed E-state index contributed by atoms with van der Waals surface area (Å²) in [6, 6.07) is 3.00. The highest BCUT2D eigenvalue weighted by molar-refractivity contribution is 5.39. The zero-order valence-corrected chi connectivity index (χ0v) is 7.74. The summed E-state index contributed by atoms with van der Waals surface area (Å²) in [5.41, 5.74) is 4.93. The molecule has 1 aromatic heterocycles. The molecular formula is C9H9F2N3O. The van der Waals surface area contributed by atoms with Crippen molar-refractivity contribution < 1.29 is 13.9 Å². The van der Waals surface area contributed by atoms with Crippen LogP contribution in [0.25, 0.3) is 0 Å². The number of aliphatic hydroxyl groups excluding tert-OH is 1. The number of pyridine rings is 1. The van der Waals surface area contributed by atoms with Crippen molar-refractivity contribution in [2.45, 2.75) is 19.6 Å². The van der Waals surface area contributed by atoms with E-state index in [0.717, 1.165) is 0 Å². The predicted octanol–water partition coefficient (Wildman–Crippen LogP) is 0.842. The van der Waals surface area contributed by atoms with Crippen LogP contribution in [0.1, 0.15) is 28.9 Å².